The molecule has 0 spiro atoms. The Kier molecular flexibility index (Phi) is 4.47. The first-order valence-electron chi connectivity index (χ1n) is 6.75. The predicted octanol–water partition coefficient (Wildman–Crippen LogP) is 1.85. The maximum absolute atomic E-state index is 12.5. The van der Waals surface area contributed by atoms with E-state index in [0.29, 0.717) is 18.1 Å². The monoisotopic (exact) mass is 285 g/mol. The molecule has 0 aliphatic rings. The van der Waals surface area contributed by atoms with Gasteiger partial charge in [0.1, 0.15) is 5.82 Å². The van der Waals surface area contributed by atoms with Crippen molar-refractivity contribution in [3.8, 4) is 0 Å². The Morgan fingerprint density at radius 2 is 2.00 bits per heavy atom. The largest absolute Gasteiger partial charge is 0.396 e. The summed E-state index contributed by atoms with van der Waals surface area (Å²) >= 11 is 0. The van der Waals surface area contributed by atoms with Crippen LogP contribution in [0, 0.1) is 0 Å². The standard InChI is InChI=1S/C15H19N5O/c1-10(2)14-18-8-12(16)13(19-14)15(21)20(3)9-11-4-6-17-7-5-11/h4-8,10H,9,16H2,1-3H3. The van der Waals surface area contributed by atoms with Gasteiger partial charge in [0, 0.05) is 31.9 Å². The molecule has 2 rings (SSSR count). The molecule has 0 fully saturated rings. The second-order valence-electron chi connectivity index (χ2n) is 5.20. The van der Waals surface area contributed by atoms with Crippen LogP contribution in [0.3, 0.4) is 0 Å². The zero-order valence-electron chi connectivity index (χ0n) is 12.4. The van der Waals surface area contributed by atoms with E-state index < -0.39 is 0 Å². The number of hydrogen-bond donors (Lipinski definition) is 1. The highest BCUT2D eigenvalue weighted by Gasteiger charge is 2.18. The van der Waals surface area contributed by atoms with Crippen LogP contribution in [0.1, 0.15) is 41.6 Å². The number of aromatic nitrogens is 3. The normalized spacial score (nSPS) is 10.7. The van der Waals surface area contributed by atoms with Gasteiger partial charge in [0.05, 0.1) is 11.9 Å². The minimum Gasteiger partial charge on any atom is -0.396 e. The Labute approximate surface area is 124 Å². The lowest BCUT2D eigenvalue weighted by Gasteiger charge is -2.18. The van der Waals surface area contributed by atoms with E-state index in [0.717, 1.165) is 5.56 Å². The minimum absolute atomic E-state index is 0.141. The molecular formula is C15H19N5O. The van der Waals surface area contributed by atoms with Crippen molar-refractivity contribution in [2.75, 3.05) is 12.8 Å². The van der Waals surface area contributed by atoms with E-state index in [-0.39, 0.29) is 17.5 Å². The van der Waals surface area contributed by atoms with Crippen LogP contribution in [0.4, 0.5) is 5.69 Å². The van der Waals surface area contributed by atoms with Crippen molar-refractivity contribution >= 4 is 11.6 Å². The minimum atomic E-state index is -0.214. The van der Waals surface area contributed by atoms with Gasteiger partial charge >= 0.3 is 0 Å². The first kappa shape index (κ1) is 14.9. The smallest absolute Gasteiger partial charge is 0.274 e. The summed E-state index contributed by atoms with van der Waals surface area (Å²) in [7, 11) is 1.72. The molecule has 1 amide bonds. The molecular weight excluding hydrogens is 266 g/mol. The molecule has 0 radical (unpaired) electrons. The van der Waals surface area contributed by atoms with Gasteiger partial charge in [0.25, 0.3) is 5.91 Å². The van der Waals surface area contributed by atoms with Crippen molar-refractivity contribution in [1.82, 2.24) is 19.9 Å². The van der Waals surface area contributed by atoms with Crippen molar-refractivity contribution < 1.29 is 4.79 Å². The fraction of sp³-hybridized carbons (Fsp3) is 0.333. The van der Waals surface area contributed by atoms with Crippen LogP contribution in [0.25, 0.3) is 0 Å². The van der Waals surface area contributed by atoms with Gasteiger partial charge in [-0.3, -0.25) is 9.78 Å². The second-order valence-corrected chi connectivity index (χ2v) is 5.20. The summed E-state index contributed by atoms with van der Waals surface area (Å²) < 4.78 is 0. The van der Waals surface area contributed by atoms with Crippen LogP contribution in [0.5, 0.6) is 0 Å². The average molecular weight is 285 g/mol. The summed E-state index contributed by atoms with van der Waals surface area (Å²) in [5.41, 5.74) is 7.39. The van der Waals surface area contributed by atoms with Crippen molar-refractivity contribution in [1.29, 1.82) is 0 Å². The molecule has 0 saturated carbocycles. The predicted molar refractivity (Wildman–Crippen MR) is 80.6 cm³/mol. The third-order valence-corrected chi connectivity index (χ3v) is 3.07. The summed E-state index contributed by atoms with van der Waals surface area (Å²) in [6.07, 6.45) is 4.89. The highest BCUT2D eigenvalue weighted by Crippen LogP contribution is 2.16. The second kappa shape index (κ2) is 6.30. The lowest BCUT2D eigenvalue weighted by atomic mass is 10.2. The number of carbonyl (C=O) groups is 1. The third kappa shape index (κ3) is 3.53. The first-order chi connectivity index (χ1) is 9.99. The number of anilines is 1. The van der Waals surface area contributed by atoms with Crippen molar-refractivity contribution in [3.05, 3.63) is 47.8 Å². The van der Waals surface area contributed by atoms with Crippen LogP contribution in [0.15, 0.2) is 30.7 Å². The summed E-state index contributed by atoms with van der Waals surface area (Å²) in [6.45, 7) is 4.42. The molecule has 6 nitrogen and oxygen atoms in total. The molecule has 0 aliphatic carbocycles. The van der Waals surface area contributed by atoms with E-state index in [1.165, 1.54) is 6.20 Å². The number of nitrogens with zero attached hydrogens (tertiary/aromatic N) is 4. The molecule has 0 atom stereocenters. The Morgan fingerprint density at radius 3 is 2.62 bits per heavy atom. The third-order valence-electron chi connectivity index (χ3n) is 3.07. The highest BCUT2D eigenvalue weighted by atomic mass is 16.2. The zero-order valence-corrected chi connectivity index (χ0v) is 12.4. The molecule has 21 heavy (non-hydrogen) atoms. The van der Waals surface area contributed by atoms with Crippen molar-refractivity contribution in [3.63, 3.8) is 0 Å². The van der Waals surface area contributed by atoms with Crippen LogP contribution in [0.2, 0.25) is 0 Å². The number of nitrogens with two attached hydrogens (primary N) is 1. The zero-order chi connectivity index (χ0) is 15.4. The van der Waals surface area contributed by atoms with Gasteiger partial charge in [0.15, 0.2) is 5.69 Å². The van der Waals surface area contributed by atoms with Gasteiger partial charge in [0.2, 0.25) is 0 Å². The van der Waals surface area contributed by atoms with Gasteiger partial charge in [-0.15, -0.1) is 0 Å². The van der Waals surface area contributed by atoms with E-state index >= 15 is 0 Å². The fourth-order valence-electron chi connectivity index (χ4n) is 1.87. The van der Waals surface area contributed by atoms with Crippen molar-refractivity contribution in [2.45, 2.75) is 26.3 Å². The number of amides is 1. The van der Waals surface area contributed by atoms with E-state index in [2.05, 4.69) is 15.0 Å². The molecule has 2 heterocycles. The SMILES string of the molecule is CC(C)c1ncc(N)c(C(=O)N(C)Cc2ccncc2)n1. The highest BCUT2D eigenvalue weighted by molar-refractivity contribution is 5.96. The molecule has 0 bridgehead atoms. The molecule has 2 N–H and O–H groups in total. The van der Waals surface area contributed by atoms with Crippen LogP contribution in [-0.2, 0) is 6.54 Å². The maximum atomic E-state index is 12.5. The molecule has 0 unspecified atom stereocenters. The topological polar surface area (TPSA) is 85.0 Å². The van der Waals surface area contributed by atoms with Gasteiger partial charge in [-0.1, -0.05) is 13.8 Å². The van der Waals surface area contributed by atoms with Gasteiger partial charge in [-0.2, -0.15) is 0 Å². The summed E-state index contributed by atoms with van der Waals surface area (Å²) in [5, 5.41) is 0. The van der Waals surface area contributed by atoms with E-state index in [4.69, 9.17) is 5.73 Å². The number of hydrogen-bond acceptors (Lipinski definition) is 5. The molecule has 110 valence electrons. The number of carbonyl (C=O) groups excluding carboxylic acids is 1. The van der Waals surface area contributed by atoms with Crippen LogP contribution in [-0.4, -0.2) is 32.8 Å². The number of nitrogen functional groups attached to an aromatic ring is 1. The quantitative estimate of drug-likeness (QED) is 0.926. The Morgan fingerprint density at radius 1 is 1.33 bits per heavy atom. The van der Waals surface area contributed by atoms with Gasteiger partial charge < -0.3 is 10.6 Å². The maximum Gasteiger partial charge on any atom is 0.274 e. The van der Waals surface area contributed by atoms with Gasteiger partial charge in [-0.05, 0) is 17.7 Å². The summed E-state index contributed by atoms with van der Waals surface area (Å²) in [6, 6.07) is 3.74. The lowest BCUT2D eigenvalue weighted by Crippen LogP contribution is -2.28. The molecule has 0 saturated heterocycles. The number of pyridine rings is 1. The van der Waals surface area contributed by atoms with E-state index in [1.807, 2.05) is 26.0 Å². The Hall–Kier alpha value is -2.50. The molecule has 2 aromatic rings. The van der Waals surface area contributed by atoms with Crippen LogP contribution >= 0.6 is 0 Å². The Balaban J connectivity index is 2.21. The van der Waals surface area contributed by atoms with E-state index in [9.17, 15) is 4.79 Å². The van der Waals surface area contributed by atoms with Gasteiger partial charge in [-0.25, -0.2) is 9.97 Å². The molecule has 0 aliphatic heterocycles. The average Bonchev–Trinajstić information content (AvgIpc) is 2.47. The lowest BCUT2D eigenvalue weighted by molar-refractivity contribution is 0.0780. The molecule has 6 heteroatoms. The van der Waals surface area contributed by atoms with Crippen molar-refractivity contribution in [2.24, 2.45) is 0 Å². The Bertz CT molecular complexity index is 627. The van der Waals surface area contributed by atoms with Crippen LogP contribution < -0.4 is 5.73 Å². The molecule has 0 aromatic carbocycles. The fourth-order valence-corrected chi connectivity index (χ4v) is 1.87. The summed E-state index contributed by atoms with van der Waals surface area (Å²) in [4.78, 5) is 26.5. The van der Waals surface area contributed by atoms with E-state index in [1.54, 1.807) is 24.3 Å². The number of rotatable bonds is 4. The molecule has 2 aromatic heterocycles. The first-order valence-corrected chi connectivity index (χ1v) is 6.75. The summed E-state index contributed by atoms with van der Waals surface area (Å²) in [5.74, 6) is 0.543.